The highest BCUT2D eigenvalue weighted by Gasteiger charge is 2.10. The van der Waals surface area contributed by atoms with Crippen molar-refractivity contribution in [3.05, 3.63) is 23.8 Å². The number of hydrogen-bond acceptors (Lipinski definition) is 3. The summed E-state index contributed by atoms with van der Waals surface area (Å²) in [6, 6.07) is 7.55. The average molecular weight is 201 g/mol. The molecule has 0 saturated heterocycles. The molecule has 0 aliphatic carbocycles. The quantitative estimate of drug-likeness (QED) is 0.762. The molecule has 0 fully saturated rings. The van der Waals surface area contributed by atoms with Crippen LogP contribution in [-0.4, -0.2) is 12.5 Å². The highest BCUT2D eigenvalue weighted by atomic mass is 16.1. The molecule has 2 rings (SSSR count). The number of nitrogens with one attached hydrogen (secondary N) is 2. The summed E-state index contributed by atoms with van der Waals surface area (Å²) in [7, 11) is 0. The molecule has 0 radical (unpaired) electrons. The molecule has 2 N–H and O–H groups in total. The van der Waals surface area contributed by atoms with Gasteiger partial charge in [-0.3, -0.25) is 4.79 Å². The van der Waals surface area contributed by atoms with Crippen LogP contribution in [0.5, 0.6) is 0 Å². The van der Waals surface area contributed by atoms with Crippen LogP contribution in [0.15, 0.2) is 18.2 Å². The van der Waals surface area contributed by atoms with E-state index >= 15 is 0 Å². The highest BCUT2D eigenvalue weighted by Crippen LogP contribution is 2.25. The van der Waals surface area contributed by atoms with Crippen LogP contribution >= 0.6 is 0 Å². The fourth-order valence-corrected chi connectivity index (χ4v) is 1.66. The number of nitriles is 1. The molecule has 4 heteroatoms. The zero-order chi connectivity index (χ0) is 10.7. The number of carbonyl (C=O) groups excluding carboxylic acids is 1. The lowest BCUT2D eigenvalue weighted by Gasteiger charge is -2.05. The molecular weight excluding hydrogens is 190 g/mol. The van der Waals surface area contributed by atoms with Gasteiger partial charge in [-0.05, 0) is 30.2 Å². The average Bonchev–Trinajstić information content (AvgIpc) is 2.65. The van der Waals surface area contributed by atoms with E-state index in [1.54, 1.807) is 0 Å². The van der Waals surface area contributed by atoms with Crippen LogP contribution in [0, 0.1) is 11.3 Å². The van der Waals surface area contributed by atoms with Gasteiger partial charge in [0.1, 0.15) is 6.42 Å². The first-order valence-corrected chi connectivity index (χ1v) is 4.83. The van der Waals surface area contributed by atoms with Crippen molar-refractivity contribution in [2.45, 2.75) is 12.8 Å². The predicted molar refractivity (Wildman–Crippen MR) is 57.5 cm³/mol. The normalized spacial score (nSPS) is 12.5. The Hall–Kier alpha value is -2.02. The van der Waals surface area contributed by atoms with Gasteiger partial charge in [0.25, 0.3) is 0 Å². The van der Waals surface area contributed by atoms with E-state index in [1.165, 1.54) is 5.56 Å². The molecule has 4 nitrogen and oxygen atoms in total. The number of hydrogen-bond donors (Lipinski definition) is 2. The molecular formula is C11H11N3O. The van der Waals surface area contributed by atoms with E-state index in [0.29, 0.717) is 0 Å². The molecule has 1 aliphatic heterocycles. The van der Waals surface area contributed by atoms with Crippen LogP contribution in [0.1, 0.15) is 12.0 Å². The van der Waals surface area contributed by atoms with Gasteiger partial charge in [0.15, 0.2) is 0 Å². The van der Waals surface area contributed by atoms with E-state index in [1.807, 2.05) is 24.3 Å². The summed E-state index contributed by atoms with van der Waals surface area (Å²) in [5.74, 6) is -0.261. The molecule has 1 aromatic rings. The van der Waals surface area contributed by atoms with Crippen molar-refractivity contribution in [1.29, 1.82) is 5.26 Å². The summed E-state index contributed by atoms with van der Waals surface area (Å²) in [4.78, 5) is 11.2. The van der Waals surface area contributed by atoms with Crippen LogP contribution in [-0.2, 0) is 11.2 Å². The molecule has 0 spiro atoms. The van der Waals surface area contributed by atoms with Crippen molar-refractivity contribution >= 4 is 17.3 Å². The Kier molecular flexibility index (Phi) is 2.55. The first-order valence-electron chi connectivity index (χ1n) is 4.83. The number of carbonyl (C=O) groups is 1. The molecule has 0 atom stereocenters. The van der Waals surface area contributed by atoms with Crippen molar-refractivity contribution in [2.75, 3.05) is 17.2 Å². The van der Waals surface area contributed by atoms with E-state index < -0.39 is 0 Å². The maximum absolute atomic E-state index is 11.2. The molecule has 1 heterocycles. The third-order valence-corrected chi connectivity index (χ3v) is 2.34. The molecule has 15 heavy (non-hydrogen) atoms. The lowest BCUT2D eigenvalue weighted by atomic mass is 10.1. The highest BCUT2D eigenvalue weighted by molar-refractivity contribution is 5.92. The molecule has 0 aromatic heterocycles. The maximum Gasteiger partial charge on any atom is 0.238 e. The summed E-state index contributed by atoms with van der Waals surface area (Å²) < 4.78 is 0. The summed E-state index contributed by atoms with van der Waals surface area (Å²) >= 11 is 0. The molecule has 0 bridgehead atoms. The van der Waals surface area contributed by atoms with Gasteiger partial charge in [-0.1, -0.05) is 0 Å². The van der Waals surface area contributed by atoms with Crippen LogP contribution in [0.4, 0.5) is 11.4 Å². The summed E-state index contributed by atoms with van der Waals surface area (Å²) in [6.07, 6.45) is 0.882. The monoisotopic (exact) mass is 201 g/mol. The van der Waals surface area contributed by atoms with E-state index in [0.717, 1.165) is 24.3 Å². The van der Waals surface area contributed by atoms with Gasteiger partial charge in [0.05, 0.1) is 6.07 Å². The number of nitrogens with zero attached hydrogens (tertiary/aromatic N) is 1. The Morgan fingerprint density at radius 3 is 3.27 bits per heavy atom. The Morgan fingerprint density at radius 2 is 2.47 bits per heavy atom. The first kappa shape index (κ1) is 9.53. The van der Waals surface area contributed by atoms with Crippen LogP contribution in [0.2, 0.25) is 0 Å². The van der Waals surface area contributed by atoms with Gasteiger partial charge in [-0.2, -0.15) is 5.26 Å². The lowest BCUT2D eigenvalue weighted by Crippen LogP contribution is -2.10. The number of rotatable bonds is 2. The van der Waals surface area contributed by atoms with Crippen molar-refractivity contribution in [1.82, 2.24) is 0 Å². The van der Waals surface area contributed by atoms with Crippen molar-refractivity contribution in [3.8, 4) is 6.07 Å². The zero-order valence-corrected chi connectivity index (χ0v) is 8.21. The maximum atomic E-state index is 11.2. The summed E-state index contributed by atoms with van der Waals surface area (Å²) in [5.41, 5.74) is 3.11. The predicted octanol–water partition coefficient (Wildman–Crippen LogP) is 1.51. The number of amides is 1. The smallest absolute Gasteiger partial charge is 0.238 e. The molecule has 76 valence electrons. The van der Waals surface area contributed by atoms with Crippen LogP contribution in [0.3, 0.4) is 0 Å². The molecule has 0 unspecified atom stereocenters. The summed E-state index contributed by atoms with van der Waals surface area (Å²) in [6.45, 7) is 0.949. The van der Waals surface area contributed by atoms with Gasteiger partial charge >= 0.3 is 0 Å². The second kappa shape index (κ2) is 4.01. The summed E-state index contributed by atoms with van der Waals surface area (Å²) in [5, 5.41) is 14.3. The Bertz CT molecular complexity index is 434. The molecule has 1 aromatic carbocycles. The first-order chi connectivity index (χ1) is 7.29. The van der Waals surface area contributed by atoms with Crippen LogP contribution < -0.4 is 10.6 Å². The van der Waals surface area contributed by atoms with E-state index in [-0.39, 0.29) is 12.3 Å². The molecule has 1 amide bonds. The van der Waals surface area contributed by atoms with Gasteiger partial charge in [-0.15, -0.1) is 0 Å². The van der Waals surface area contributed by atoms with E-state index in [2.05, 4.69) is 10.6 Å². The van der Waals surface area contributed by atoms with Crippen molar-refractivity contribution < 1.29 is 4.79 Å². The third kappa shape index (κ3) is 2.08. The van der Waals surface area contributed by atoms with Gasteiger partial charge in [0.2, 0.25) is 5.91 Å². The largest absolute Gasteiger partial charge is 0.384 e. The third-order valence-electron chi connectivity index (χ3n) is 2.34. The van der Waals surface area contributed by atoms with Crippen LogP contribution in [0.25, 0.3) is 0 Å². The van der Waals surface area contributed by atoms with E-state index in [9.17, 15) is 4.79 Å². The minimum Gasteiger partial charge on any atom is -0.384 e. The van der Waals surface area contributed by atoms with Crippen molar-refractivity contribution in [3.63, 3.8) is 0 Å². The fraction of sp³-hybridized carbons (Fsp3) is 0.273. The van der Waals surface area contributed by atoms with Gasteiger partial charge in [-0.25, -0.2) is 0 Å². The number of benzene rings is 1. The Labute approximate surface area is 87.9 Å². The molecule has 1 aliphatic rings. The minimum atomic E-state index is -0.261. The SMILES string of the molecule is N#CCC(=O)Nc1ccc2c(c1)CCN2. The van der Waals surface area contributed by atoms with Crippen molar-refractivity contribution in [2.24, 2.45) is 0 Å². The lowest BCUT2D eigenvalue weighted by molar-refractivity contribution is -0.115. The number of fused-ring (bicyclic) bond motifs is 1. The van der Waals surface area contributed by atoms with Gasteiger partial charge < -0.3 is 10.6 Å². The molecule has 0 saturated carbocycles. The minimum absolute atomic E-state index is 0.102. The second-order valence-electron chi connectivity index (χ2n) is 3.43. The topological polar surface area (TPSA) is 64.9 Å². The Balaban J connectivity index is 2.11. The standard InChI is InChI=1S/C11H11N3O/c12-5-3-11(15)14-9-1-2-10-8(7-9)4-6-13-10/h1-2,7,13H,3-4,6H2,(H,14,15). The van der Waals surface area contributed by atoms with Gasteiger partial charge in [0, 0.05) is 17.9 Å². The zero-order valence-electron chi connectivity index (χ0n) is 8.21. The Morgan fingerprint density at radius 1 is 1.60 bits per heavy atom. The van der Waals surface area contributed by atoms with E-state index in [4.69, 9.17) is 5.26 Å². The fourth-order valence-electron chi connectivity index (χ4n) is 1.66. The number of anilines is 2. The second-order valence-corrected chi connectivity index (χ2v) is 3.43.